The van der Waals surface area contributed by atoms with E-state index in [4.69, 9.17) is 9.47 Å². The number of rotatable bonds is 4. The molecule has 30 heavy (non-hydrogen) atoms. The molecule has 0 aromatic carbocycles. The lowest BCUT2D eigenvalue weighted by atomic mass is 9.40. The Hall–Kier alpha value is 0.390. The number of fused-ring (bicyclic) bond motifs is 3. The van der Waals surface area contributed by atoms with Gasteiger partial charge in [-0.1, -0.05) is 52.6 Å². The molecule has 4 bridgehead atoms. The van der Waals surface area contributed by atoms with Crippen LogP contribution in [-0.2, 0) is 14.3 Å². The van der Waals surface area contributed by atoms with Crippen molar-refractivity contribution in [2.75, 3.05) is 7.11 Å². The first kappa shape index (κ1) is 22.2. The second-order valence-electron chi connectivity index (χ2n) is 11.7. The van der Waals surface area contributed by atoms with E-state index in [1.54, 1.807) is 0 Å². The molecule has 1 spiro atoms. The zero-order valence-corrected chi connectivity index (χ0v) is 22.1. The predicted molar refractivity (Wildman–Crippen MR) is 126 cm³/mol. The Balaban J connectivity index is 1.48. The van der Waals surface area contributed by atoms with Gasteiger partial charge in [-0.25, -0.2) is 0 Å². The van der Waals surface area contributed by atoms with Crippen LogP contribution in [0.3, 0.4) is 0 Å². The number of ether oxygens (including phenoxy) is 2. The van der Waals surface area contributed by atoms with E-state index >= 15 is 0 Å². The zero-order chi connectivity index (χ0) is 21.5. The quantitative estimate of drug-likeness (QED) is 0.298. The van der Waals surface area contributed by atoms with Crippen LogP contribution < -0.4 is 0 Å². The molecular formula is C25H38Br2O3. The number of hydrogen-bond acceptors (Lipinski definition) is 3. The summed E-state index contributed by atoms with van der Waals surface area (Å²) >= 11 is 8.57. The third kappa shape index (κ3) is 2.67. The van der Waals surface area contributed by atoms with E-state index in [-0.39, 0.29) is 17.0 Å². The van der Waals surface area contributed by atoms with E-state index in [1.165, 1.54) is 52.1 Å². The molecule has 4 aliphatic carbocycles. The maximum Gasteiger partial charge on any atom is 0.305 e. The Morgan fingerprint density at radius 2 is 1.83 bits per heavy atom. The monoisotopic (exact) mass is 544 g/mol. The van der Waals surface area contributed by atoms with Gasteiger partial charge in [0.15, 0.2) is 0 Å². The topological polar surface area (TPSA) is 35.5 Å². The summed E-state index contributed by atoms with van der Waals surface area (Å²) in [6, 6.07) is 0. The molecule has 11 atom stereocenters. The molecule has 0 radical (unpaired) electrons. The molecule has 0 aromatic heterocycles. The fourth-order valence-corrected chi connectivity index (χ4v) is 12.0. The summed E-state index contributed by atoms with van der Waals surface area (Å²) in [5.74, 6) is 3.29. The summed E-state index contributed by atoms with van der Waals surface area (Å²) in [5, 5.41) is 0. The minimum Gasteiger partial charge on any atom is -0.469 e. The third-order valence-electron chi connectivity index (χ3n) is 10.9. The number of carbonyl (C=O) groups excluding carboxylic acids is 1. The van der Waals surface area contributed by atoms with Gasteiger partial charge in [0, 0.05) is 16.7 Å². The van der Waals surface area contributed by atoms with Crippen molar-refractivity contribution in [3.8, 4) is 0 Å². The van der Waals surface area contributed by atoms with E-state index < -0.39 is 0 Å². The van der Waals surface area contributed by atoms with Crippen molar-refractivity contribution in [2.45, 2.75) is 99.9 Å². The van der Waals surface area contributed by atoms with Crippen LogP contribution in [0.15, 0.2) is 0 Å². The van der Waals surface area contributed by atoms with Crippen LogP contribution in [0.4, 0.5) is 0 Å². The summed E-state index contributed by atoms with van der Waals surface area (Å²) < 4.78 is 12.1. The van der Waals surface area contributed by atoms with Crippen LogP contribution in [0, 0.1) is 40.4 Å². The van der Waals surface area contributed by atoms with Crippen molar-refractivity contribution < 1.29 is 14.3 Å². The molecule has 5 heteroatoms. The molecule has 2 saturated heterocycles. The first-order chi connectivity index (χ1) is 14.2. The average Bonchev–Trinajstić information content (AvgIpc) is 3.08. The van der Waals surface area contributed by atoms with Crippen LogP contribution in [0.25, 0.3) is 0 Å². The van der Waals surface area contributed by atoms with Crippen molar-refractivity contribution >= 4 is 37.8 Å². The molecule has 6 rings (SSSR count). The Bertz CT molecular complexity index is 715. The Morgan fingerprint density at radius 1 is 1.10 bits per heavy atom. The van der Waals surface area contributed by atoms with Crippen LogP contribution in [0.2, 0.25) is 0 Å². The highest BCUT2D eigenvalue weighted by Crippen LogP contribution is 2.75. The summed E-state index contributed by atoms with van der Waals surface area (Å²) in [4.78, 5) is 12.5. The minimum absolute atomic E-state index is 0.0143. The van der Waals surface area contributed by atoms with Gasteiger partial charge in [0.25, 0.3) is 0 Å². The fourth-order valence-electron chi connectivity index (χ4n) is 9.40. The number of halogens is 2. The highest BCUT2D eigenvalue weighted by atomic mass is 79.9. The standard InChI is InChI=1S/C25H38Br2O3/c1-14(5-10-20(28)29-4)17-8-9-18-19-7-6-15-13-16-11-12-23(15,2)25(19,30-16)22(27)21(26)24(17,18)3/h14-19,21-22H,5-13H2,1-4H3/t14-,15+,16+,17-,18+,19-,21-,22+,23-,24+,25+/m1/s1. The summed E-state index contributed by atoms with van der Waals surface area (Å²) in [7, 11) is 1.50. The van der Waals surface area contributed by atoms with Gasteiger partial charge in [-0.15, -0.1) is 0 Å². The van der Waals surface area contributed by atoms with Gasteiger partial charge in [-0.05, 0) is 86.4 Å². The van der Waals surface area contributed by atoms with Gasteiger partial charge in [0.05, 0.1) is 23.6 Å². The number of alkyl halides is 2. The van der Waals surface area contributed by atoms with Gasteiger partial charge >= 0.3 is 5.97 Å². The molecule has 0 unspecified atom stereocenters. The fraction of sp³-hybridized carbons (Fsp3) is 0.960. The predicted octanol–water partition coefficient (Wildman–Crippen LogP) is 6.50. The van der Waals surface area contributed by atoms with Gasteiger partial charge in [0.2, 0.25) is 0 Å². The lowest BCUT2D eigenvalue weighted by molar-refractivity contribution is -0.325. The molecule has 4 saturated carbocycles. The molecule has 0 N–H and O–H groups in total. The van der Waals surface area contributed by atoms with E-state index in [1.807, 2.05) is 0 Å². The Morgan fingerprint density at radius 3 is 2.57 bits per heavy atom. The normalized spacial score (nSPS) is 54.9. The number of hydrogen-bond donors (Lipinski definition) is 0. The highest BCUT2D eigenvalue weighted by Gasteiger charge is 2.76. The largest absolute Gasteiger partial charge is 0.469 e. The van der Waals surface area contributed by atoms with Crippen LogP contribution >= 0.6 is 31.9 Å². The lowest BCUT2D eigenvalue weighted by Crippen LogP contribution is -2.77. The average molecular weight is 546 g/mol. The summed E-state index contributed by atoms with van der Waals surface area (Å²) in [6.07, 6.45) is 11.1. The minimum atomic E-state index is -0.0733. The first-order valence-electron chi connectivity index (χ1n) is 12.2. The maximum absolute atomic E-state index is 11.8. The summed E-state index contributed by atoms with van der Waals surface area (Å²) in [5.41, 5.74) is 0.531. The number of esters is 1. The Kier molecular flexibility index (Phi) is 5.51. The third-order valence-corrected chi connectivity index (χ3v) is 14.4. The van der Waals surface area contributed by atoms with Gasteiger partial charge in [-0.3, -0.25) is 4.79 Å². The molecule has 170 valence electrons. The highest BCUT2D eigenvalue weighted by molar-refractivity contribution is 9.12. The van der Waals surface area contributed by atoms with Crippen molar-refractivity contribution in [3.63, 3.8) is 0 Å². The van der Waals surface area contributed by atoms with Crippen LogP contribution in [-0.4, -0.2) is 34.4 Å². The van der Waals surface area contributed by atoms with Crippen LogP contribution in [0.5, 0.6) is 0 Å². The molecule has 6 fully saturated rings. The maximum atomic E-state index is 11.8. The van der Waals surface area contributed by atoms with E-state index in [0.29, 0.717) is 51.3 Å². The Labute approximate surface area is 199 Å². The SMILES string of the molecule is COC(=O)CC[C@@H](C)[C@H]1CC[C@H]2[C@H]3CC[C@H]4C[C@@H]5CC[C@@]4(C)[C@@]3(O5)[C@@H](Br)[C@@H](Br)[C@@]12C. The van der Waals surface area contributed by atoms with Crippen molar-refractivity contribution in [2.24, 2.45) is 40.4 Å². The molecule has 0 amide bonds. The smallest absolute Gasteiger partial charge is 0.305 e. The molecule has 6 aliphatic rings. The van der Waals surface area contributed by atoms with Crippen molar-refractivity contribution in [1.82, 2.24) is 0 Å². The van der Waals surface area contributed by atoms with E-state index in [9.17, 15) is 4.79 Å². The van der Waals surface area contributed by atoms with Crippen molar-refractivity contribution in [1.29, 1.82) is 0 Å². The van der Waals surface area contributed by atoms with E-state index in [0.717, 1.165) is 12.3 Å². The van der Waals surface area contributed by atoms with E-state index in [2.05, 4.69) is 52.6 Å². The van der Waals surface area contributed by atoms with Gasteiger partial charge in [0.1, 0.15) is 0 Å². The van der Waals surface area contributed by atoms with Gasteiger partial charge < -0.3 is 9.47 Å². The van der Waals surface area contributed by atoms with Crippen LogP contribution in [0.1, 0.15) is 78.6 Å². The molecule has 2 heterocycles. The van der Waals surface area contributed by atoms with Gasteiger partial charge in [-0.2, -0.15) is 0 Å². The second kappa shape index (κ2) is 7.45. The second-order valence-corrected chi connectivity index (χ2v) is 13.6. The summed E-state index contributed by atoms with van der Waals surface area (Å²) in [6.45, 7) is 7.49. The molecule has 0 aromatic rings. The first-order valence-corrected chi connectivity index (χ1v) is 14.1. The molecule has 3 nitrogen and oxygen atoms in total. The zero-order valence-electron chi connectivity index (χ0n) is 19.0. The molecular weight excluding hydrogens is 508 g/mol. The lowest BCUT2D eigenvalue weighted by Gasteiger charge is -2.74. The number of methoxy groups -OCH3 is 1. The van der Waals surface area contributed by atoms with Crippen molar-refractivity contribution in [3.05, 3.63) is 0 Å². The number of carbonyl (C=O) groups is 1. The molecule has 2 aliphatic heterocycles.